The minimum absolute atomic E-state index is 0.250. The Balaban J connectivity index is 1.73. The zero-order valence-corrected chi connectivity index (χ0v) is 17.0. The number of fused-ring (bicyclic) bond motifs is 1. The maximum atomic E-state index is 12.6. The van der Waals surface area contributed by atoms with Crippen molar-refractivity contribution in [3.05, 3.63) is 64.2 Å². The van der Waals surface area contributed by atoms with Gasteiger partial charge in [-0.2, -0.15) is 5.10 Å². The first-order valence-corrected chi connectivity index (χ1v) is 11.2. The largest absolute Gasteiger partial charge is 0.320 e. The van der Waals surface area contributed by atoms with Gasteiger partial charge in [0.05, 0.1) is 28.2 Å². The number of aromatic amines is 1. The molecule has 0 unspecified atom stereocenters. The number of sulfonamides is 1. The first kappa shape index (κ1) is 19.2. The first-order chi connectivity index (χ1) is 13.8. The standard InChI is InChI=1S/C19H17N5O3S2/c1-11-22-18(9-28-11)19(25)23-16-6-14(7-17-15(16)8-21-24-17)13-4-2-3-12(5-13)10-29(20,26)27/h2-9H,10H2,1H3,(H,21,24)(H,23,25)(H2,20,26,27). The summed E-state index contributed by atoms with van der Waals surface area (Å²) in [5.41, 5.74) is 3.84. The smallest absolute Gasteiger partial charge is 0.275 e. The van der Waals surface area contributed by atoms with Gasteiger partial charge in [0.2, 0.25) is 10.0 Å². The number of benzene rings is 2. The van der Waals surface area contributed by atoms with Crippen molar-refractivity contribution in [1.29, 1.82) is 0 Å². The Morgan fingerprint density at radius 3 is 2.79 bits per heavy atom. The van der Waals surface area contributed by atoms with E-state index in [9.17, 15) is 13.2 Å². The van der Waals surface area contributed by atoms with Crippen LogP contribution in [-0.2, 0) is 15.8 Å². The van der Waals surface area contributed by atoms with E-state index in [-0.39, 0.29) is 11.7 Å². The minimum atomic E-state index is -3.63. The lowest BCUT2D eigenvalue weighted by atomic mass is 10.0. The molecule has 0 atom stereocenters. The summed E-state index contributed by atoms with van der Waals surface area (Å²) in [6.45, 7) is 1.84. The summed E-state index contributed by atoms with van der Waals surface area (Å²) in [5, 5.41) is 18.3. The molecular weight excluding hydrogens is 410 g/mol. The molecule has 0 fully saturated rings. The molecule has 2 aromatic carbocycles. The van der Waals surface area contributed by atoms with E-state index in [1.54, 1.807) is 29.8 Å². The zero-order valence-electron chi connectivity index (χ0n) is 15.3. The van der Waals surface area contributed by atoms with Crippen LogP contribution in [0.5, 0.6) is 0 Å². The number of hydrogen-bond acceptors (Lipinski definition) is 6. The van der Waals surface area contributed by atoms with Gasteiger partial charge in [0.25, 0.3) is 5.91 Å². The third-order valence-corrected chi connectivity index (χ3v) is 5.80. The number of carbonyl (C=O) groups is 1. The van der Waals surface area contributed by atoms with E-state index >= 15 is 0 Å². The molecule has 2 aromatic heterocycles. The summed E-state index contributed by atoms with van der Waals surface area (Å²) in [4.78, 5) is 16.8. The van der Waals surface area contributed by atoms with Crippen LogP contribution < -0.4 is 10.5 Å². The Hall–Kier alpha value is -3.08. The van der Waals surface area contributed by atoms with E-state index in [2.05, 4.69) is 20.5 Å². The van der Waals surface area contributed by atoms with Gasteiger partial charge in [-0.15, -0.1) is 11.3 Å². The average molecular weight is 428 g/mol. The highest BCUT2D eigenvalue weighted by atomic mass is 32.2. The van der Waals surface area contributed by atoms with Crippen LogP contribution in [0.4, 0.5) is 5.69 Å². The van der Waals surface area contributed by atoms with Crippen molar-refractivity contribution in [1.82, 2.24) is 15.2 Å². The van der Waals surface area contributed by atoms with Gasteiger partial charge in [0.1, 0.15) is 5.69 Å². The van der Waals surface area contributed by atoms with Crippen LogP contribution in [0.15, 0.2) is 48.0 Å². The van der Waals surface area contributed by atoms with Crippen LogP contribution >= 0.6 is 11.3 Å². The van der Waals surface area contributed by atoms with Crippen LogP contribution in [0, 0.1) is 6.92 Å². The minimum Gasteiger partial charge on any atom is -0.320 e. The molecule has 29 heavy (non-hydrogen) atoms. The quantitative estimate of drug-likeness (QED) is 0.450. The van der Waals surface area contributed by atoms with Crippen molar-refractivity contribution in [3.63, 3.8) is 0 Å². The van der Waals surface area contributed by atoms with E-state index < -0.39 is 10.0 Å². The molecule has 1 amide bonds. The SMILES string of the molecule is Cc1nc(C(=O)Nc2cc(-c3cccc(CS(N)(=O)=O)c3)cc3[nH]ncc23)cs1. The second kappa shape index (κ2) is 7.39. The molecule has 0 bridgehead atoms. The molecule has 4 aromatic rings. The summed E-state index contributed by atoms with van der Waals surface area (Å²) < 4.78 is 22.8. The fourth-order valence-corrected chi connectivity index (χ4v) is 4.29. The van der Waals surface area contributed by atoms with Crippen LogP contribution in [0.25, 0.3) is 22.0 Å². The van der Waals surface area contributed by atoms with E-state index in [0.717, 1.165) is 27.0 Å². The Labute approximate surface area is 170 Å². The number of thiazole rings is 1. The summed E-state index contributed by atoms with van der Waals surface area (Å²) in [6, 6.07) is 10.8. The van der Waals surface area contributed by atoms with Crippen molar-refractivity contribution < 1.29 is 13.2 Å². The van der Waals surface area contributed by atoms with Crippen molar-refractivity contribution >= 4 is 43.9 Å². The fourth-order valence-electron chi connectivity index (χ4n) is 3.05. The number of H-pyrrole nitrogens is 1. The second-order valence-electron chi connectivity index (χ2n) is 6.57. The van der Waals surface area contributed by atoms with Gasteiger partial charge in [-0.1, -0.05) is 24.3 Å². The molecule has 0 spiro atoms. The van der Waals surface area contributed by atoms with Gasteiger partial charge >= 0.3 is 0 Å². The topological polar surface area (TPSA) is 131 Å². The van der Waals surface area contributed by atoms with E-state index in [0.29, 0.717) is 16.9 Å². The lowest BCUT2D eigenvalue weighted by Gasteiger charge is -2.10. The number of rotatable bonds is 5. The van der Waals surface area contributed by atoms with Gasteiger partial charge in [-0.3, -0.25) is 9.89 Å². The Bertz CT molecular complexity index is 1320. The maximum absolute atomic E-state index is 12.6. The Morgan fingerprint density at radius 2 is 2.07 bits per heavy atom. The Kier molecular flexibility index (Phi) is 4.91. The van der Waals surface area contributed by atoms with Crippen LogP contribution in [0.1, 0.15) is 21.1 Å². The number of anilines is 1. The molecule has 0 radical (unpaired) electrons. The highest BCUT2D eigenvalue weighted by Gasteiger charge is 2.14. The number of carbonyl (C=O) groups excluding carboxylic acids is 1. The fraction of sp³-hybridized carbons (Fsp3) is 0.105. The van der Waals surface area contributed by atoms with Crippen molar-refractivity contribution in [2.45, 2.75) is 12.7 Å². The van der Waals surface area contributed by atoms with E-state index in [1.165, 1.54) is 11.3 Å². The number of aromatic nitrogens is 3. The normalized spacial score (nSPS) is 11.7. The maximum Gasteiger partial charge on any atom is 0.275 e. The third-order valence-electron chi connectivity index (χ3n) is 4.29. The number of hydrogen-bond donors (Lipinski definition) is 3. The van der Waals surface area contributed by atoms with Gasteiger partial charge in [-0.05, 0) is 35.7 Å². The molecule has 8 nitrogen and oxygen atoms in total. The lowest BCUT2D eigenvalue weighted by molar-refractivity contribution is 0.102. The molecule has 0 saturated carbocycles. The van der Waals surface area contributed by atoms with Gasteiger partial charge in [0.15, 0.2) is 0 Å². The molecule has 0 saturated heterocycles. The molecule has 0 aliphatic heterocycles. The number of primary sulfonamides is 1. The van der Waals surface area contributed by atoms with Crippen molar-refractivity contribution in [2.24, 2.45) is 5.14 Å². The zero-order chi connectivity index (χ0) is 20.6. The summed E-state index contributed by atoms with van der Waals surface area (Å²) in [7, 11) is -3.63. The van der Waals surface area contributed by atoms with Crippen LogP contribution in [-0.4, -0.2) is 29.5 Å². The molecule has 148 valence electrons. The molecule has 0 aliphatic carbocycles. The molecule has 2 heterocycles. The first-order valence-electron chi connectivity index (χ1n) is 8.59. The number of aryl methyl sites for hydroxylation is 1. The van der Waals surface area contributed by atoms with Crippen LogP contribution in [0.3, 0.4) is 0 Å². The summed E-state index contributed by atoms with van der Waals surface area (Å²) in [6.07, 6.45) is 1.64. The highest BCUT2D eigenvalue weighted by molar-refractivity contribution is 7.88. The Morgan fingerprint density at radius 1 is 1.24 bits per heavy atom. The molecular formula is C19H17N5O3S2. The monoisotopic (exact) mass is 427 g/mol. The third kappa shape index (κ3) is 4.34. The predicted molar refractivity (Wildman–Crippen MR) is 113 cm³/mol. The highest BCUT2D eigenvalue weighted by Crippen LogP contribution is 2.31. The van der Waals surface area contributed by atoms with Gasteiger partial charge < -0.3 is 5.32 Å². The summed E-state index contributed by atoms with van der Waals surface area (Å²) >= 11 is 1.40. The number of nitrogens with two attached hydrogens (primary N) is 1. The molecule has 4 N–H and O–H groups in total. The van der Waals surface area contributed by atoms with E-state index in [1.807, 2.05) is 25.1 Å². The number of amides is 1. The number of nitrogens with one attached hydrogen (secondary N) is 2. The average Bonchev–Trinajstić information content (AvgIpc) is 3.29. The lowest BCUT2D eigenvalue weighted by Crippen LogP contribution is -2.14. The molecule has 0 aliphatic rings. The van der Waals surface area contributed by atoms with Crippen molar-refractivity contribution in [3.8, 4) is 11.1 Å². The second-order valence-corrected chi connectivity index (χ2v) is 9.25. The molecule has 10 heteroatoms. The molecule has 4 rings (SSSR count). The van der Waals surface area contributed by atoms with E-state index in [4.69, 9.17) is 5.14 Å². The van der Waals surface area contributed by atoms with Gasteiger partial charge in [-0.25, -0.2) is 18.5 Å². The van der Waals surface area contributed by atoms with Crippen LogP contribution in [0.2, 0.25) is 0 Å². The van der Waals surface area contributed by atoms with Gasteiger partial charge in [0, 0.05) is 10.8 Å². The predicted octanol–water partition coefficient (Wildman–Crippen LogP) is 3.04. The number of nitrogens with zero attached hydrogens (tertiary/aromatic N) is 2. The van der Waals surface area contributed by atoms with Crippen molar-refractivity contribution in [2.75, 3.05) is 5.32 Å². The summed E-state index contributed by atoms with van der Waals surface area (Å²) in [5.74, 6) is -0.558.